The van der Waals surface area contributed by atoms with Gasteiger partial charge in [-0.05, 0) is 139 Å². The molecule has 1 nitrogen and oxygen atoms in total. The summed E-state index contributed by atoms with van der Waals surface area (Å²) < 4.78 is 2.62. The first-order chi connectivity index (χ1) is 28.5. The molecule has 1 heterocycles. The van der Waals surface area contributed by atoms with E-state index in [1.807, 2.05) is 11.3 Å². The Labute approximate surface area is 351 Å². The lowest BCUT2D eigenvalue weighted by atomic mass is 9.81. The lowest BCUT2D eigenvalue weighted by Crippen LogP contribution is -2.18. The van der Waals surface area contributed by atoms with E-state index in [1.54, 1.807) is 0 Å². The SMILES string of the molecule is CC1(C)c2ccccc2-c2ccc(-c3ccc4sc5ccc(N(c6ccc7c(c6)C(C)(C)c6ccccc6-7)c6ccc7c(c6)C(C)(C)c6ccccc6-7)cc5c4c3)cc21. The lowest BCUT2D eigenvalue weighted by Gasteiger charge is -2.30. The van der Waals surface area contributed by atoms with Crippen molar-refractivity contribution in [3.05, 3.63) is 197 Å². The highest BCUT2D eigenvalue weighted by Crippen LogP contribution is 2.54. The van der Waals surface area contributed by atoms with Crippen LogP contribution < -0.4 is 4.90 Å². The Morgan fingerprint density at radius 3 is 1.20 bits per heavy atom. The first-order valence-electron chi connectivity index (χ1n) is 21.0. The van der Waals surface area contributed by atoms with Gasteiger partial charge in [-0.1, -0.05) is 145 Å². The average molecular weight is 776 g/mol. The van der Waals surface area contributed by atoms with Crippen molar-refractivity contribution in [2.75, 3.05) is 4.90 Å². The van der Waals surface area contributed by atoms with Gasteiger partial charge >= 0.3 is 0 Å². The molecule has 0 fully saturated rings. The molecule has 0 unspecified atom stereocenters. The number of rotatable bonds is 4. The van der Waals surface area contributed by atoms with Crippen LogP contribution >= 0.6 is 11.3 Å². The van der Waals surface area contributed by atoms with Gasteiger partial charge in [0.05, 0.1) is 0 Å². The van der Waals surface area contributed by atoms with E-state index in [2.05, 4.69) is 210 Å². The van der Waals surface area contributed by atoms with Crippen LogP contribution in [0.2, 0.25) is 0 Å². The van der Waals surface area contributed by atoms with Gasteiger partial charge in [-0.25, -0.2) is 0 Å². The topological polar surface area (TPSA) is 3.24 Å². The number of anilines is 3. The van der Waals surface area contributed by atoms with E-state index in [4.69, 9.17) is 0 Å². The Morgan fingerprint density at radius 2 is 0.678 bits per heavy atom. The zero-order chi connectivity index (χ0) is 40.0. The number of hydrogen-bond acceptors (Lipinski definition) is 2. The van der Waals surface area contributed by atoms with Crippen molar-refractivity contribution in [1.29, 1.82) is 0 Å². The maximum Gasteiger partial charge on any atom is 0.0468 e. The van der Waals surface area contributed by atoms with Gasteiger partial charge in [-0.2, -0.15) is 0 Å². The minimum absolute atomic E-state index is 0.0371. The second-order valence-corrected chi connectivity index (χ2v) is 19.6. The molecule has 0 radical (unpaired) electrons. The molecule has 3 aliphatic carbocycles. The minimum Gasteiger partial charge on any atom is -0.310 e. The summed E-state index contributed by atoms with van der Waals surface area (Å²) in [6.45, 7) is 14.2. The summed E-state index contributed by atoms with van der Waals surface area (Å²) in [4.78, 5) is 2.51. The first kappa shape index (κ1) is 34.8. The quantitative estimate of drug-likeness (QED) is 0.172. The smallest absolute Gasteiger partial charge is 0.0468 e. The molecule has 0 saturated carbocycles. The van der Waals surface area contributed by atoms with Crippen molar-refractivity contribution >= 4 is 48.6 Å². The van der Waals surface area contributed by atoms with Crippen LogP contribution in [0.4, 0.5) is 17.1 Å². The Morgan fingerprint density at radius 1 is 0.322 bits per heavy atom. The van der Waals surface area contributed by atoms with Crippen LogP contribution in [0.5, 0.6) is 0 Å². The zero-order valence-electron chi connectivity index (χ0n) is 34.4. The van der Waals surface area contributed by atoms with E-state index in [9.17, 15) is 0 Å². The van der Waals surface area contributed by atoms with Crippen molar-refractivity contribution in [1.82, 2.24) is 0 Å². The number of nitrogens with zero attached hydrogens (tertiary/aromatic N) is 1. The second-order valence-electron chi connectivity index (χ2n) is 18.6. The third-order valence-corrected chi connectivity index (χ3v) is 15.4. The summed E-state index contributed by atoms with van der Waals surface area (Å²) in [5, 5.41) is 2.61. The molecule has 2 heteroatoms. The van der Waals surface area contributed by atoms with Crippen LogP contribution in [0.1, 0.15) is 74.9 Å². The number of benzene rings is 8. The van der Waals surface area contributed by atoms with Crippen LogP contribution in [0.15, 0.2) is 164 Å². The lowest BCUT2D eigenvalue weighted by molar-refractivity contribution is 0.660. The Hall–Kier alpha value is -6.22. The fourth-order valence-corrected chi connectivity index (χ4v) is 12.1. The molecule has 3 aliphatic rings. The highest BCUT2D eigenvalue weighted by molar-refractivity contribution is 7.25. The van der Waals surface area contributed by atoms with Crippen LogP contribution in [0, 0.1) is 0 Å². The summed E-state index contributed by atoms with van der Waals surface area (Å²) >= 11 is 1.89. The van der Waals surface area contributed by atoms with E-state index in [1.165, 1.54) is 115 Å². The molecule has 0 saturated heterocycles. The predicted octanol–water partition coefficient (Wildman–Crippen LogP) is 16.1. The third kappa shape index (κ3) is 4.78. The summed E-state index contributed by atoms with van der Waals surface area (Å²) in [6, 6.07) is 62.4. The molecule has 0 amide bonds. The maximum absolute atomic E-state index is 2.51. The molecular weight excluding hydrogens is 731 g/mol. The van der Waals surface area contributed by atoms with Gasteiger partial charge < -0.3 is 4.90 Å². The van der Waals surface area contributed by atoms with E-state index in [0.29, 0.717) is 0 Å². The molecule has 284 valence electrons. The molecular formula is C57H45NS. The molecule has 1 aromatic heterocycles. The van der Waals surface area contributed by atoms with Gasteiger partial charge in [0.2, 0.25) is 0 Å². The minimum atomic E-state index is -0.103. The number of fused-ring (bicyclic) bond motifs is 12. The maximum atomic E-state index is 2.51. The first-order valence-corrected chi connectivity index (χ1v) is 21.8. The molecule has 0 aliphatic heterocycles. The monoisotopic (exact) mass is 775 g/mol. The third-order valence-electron chi connectivity index (χ3n) is 14.3. The van der Waals surface area contributed by atoms with Crippen molar-refractivity contribution in [3.63, 3.8) is 0 Å². The van der Waals surface area contributed by atoms with Gasteiger partial charge in [-0.15, -0.1) is 11.3 Å². The Kier molecular flexibility index (Phi) is 7.04. The Balaban J connectivity index is 1.02. The van der Waals surface area contributed by atoms with E-state index in [0.717, 1.165) is 0 Å². The molecule has 0 N–H and O–H groups in total. The van der Waals surface area contributed by atoms with Crippen molar-refractivity contribution in [2.45, 2.75) is 57.8 Å². The normalized spacial score (nSPS) is 15.7. The largest absolute Gasteiger partial charge is 0.310 e. The molecule has 0 spiro atoms. The standard InChI is InChI=1S/C57H45NS/c1-55(2)47-16-10-7-13-39(47)42-24-19-35(30-50(42)55)34-20-27-53-45(29-34)46-31-36(23-28-54(46)59-53)58(37-21-25-43-40-14-8-11-17-48(40)56(3,4)51(43)32-37)38-22-26-44-41-15-9-12-18-49(41)57(5,6)52(44)33-38/h7-33H,1-6H3. The second kappa shape index (κ2) is 11.9. The van der Waals surface area contributed by atoms with E-state index >= 15 is 0 Å². The predicted molar refractivity (Wildman–Crippen MR) is 252 cm³/mol. The van der Waals surface area contributed by atoms with Gasteiger partial charge in [0.25, 0.3) is 0 Å². The summed E-state index contributed by atoms with van der Waals surface area (Å²) in [6.07, 6.45) is 0. The van der Waals surface area contributed by atoms with Crippen LogP contribution in [0.25, 0.3) is 64.7 Å². The zero-order valence-corrected chi connectivity index (χ0v) is 35.3. The van der Waals surface area contributed by atoms with Gasteiger partial charge in [-0.3, -0.25) is 0 Å². The highest BCUT2D eigenvalue weighted by Gasteiger charge is 2.38. The summed E-state index contributed by atoms with van der Waals surface area (Å²) in [5.74, 6) is 0. The van der Waals surface area contributed by atoms with Crippen LogP contribution in [0.3, 0.4) is 0 Å². The Bertz CT molecular complexity index is 3160. The van der Waals surface area contributed by atoms with Crippen molar-refractivity contribution in [3.8, 4) is 44.5 Å². The summed E-state index contributed by atoms with van der Waals surface area (Å²) in [7, 11) is 0. The number of hydrogen-bond donors (Lipinski definition) is 0. The number of thiophene rings is 1. The van der Waals surface area contributed by atoms with E-state index < -0.39 is 0 Å². The van der Waals surface area contributed by atoms with Crippen LogP contribution in [-0.2, 0) is 16.2 Å². The molecule has 59 heavy (non-hydrogen) atoms. The van der Waals surface area contributed by atoms with Gasteiger partial charge in [0.1, 0.15) is 0 Å². The molecule has 12 rings (SSSR count). The van der Waals surface area contributed by atoms with Crippen molar-refractivity contribution < 1.29 is 0 Å². The molecule has 8 aromatic carbocycles. The average Bonchev–Trinajstić information content (AvgIpc) is 3.89. The van der Waals surface area contributed by atoms with E-state index in [-0.39, 0.29) is 16.2 Å². The summed E-state index contributed by atoms with van der Waals surface area (Å²) in [5.41, 5.74) is 22.3. The van der Waals surface area contributed by atoms with Gasteiger partial charge in [0.15, 0.2) is 0 Å². The van der Waals surface area contributed by atoms with Gasteiger partial charge in [0, 0.05) is 53.5 Å². The fraction of sp³-hybridized carbons (Fsp3) is 0.158. The molecule has 0 bridgehead atoms. The van der Waals surface area contributed by atoms with Crippen LogP contribution in [-0.4, -0.2) is 0 Å². The molecule has 9 aromatic rings. The fourth-order valence-electron chi connectivity index (χ4n) is 11.1. The van der Waals surface area contributed by atoms with Crippen molar-refractivity contribution in [2.24, 2.45) is 0 Å². The molecule has 0 atom stereocenters. The highest BCUT2D eigenvalue weighted by atomic mass is 32.1.